The van der Waals surface area contributed by atoms with Crippen LogP contribution in [-0.2, 0) is 0 Å². The molecule has 0 aliphatic carbocycles. The predicted molar refractivity (Wildman–Crippen MR) is 187 cm³/mol. The number of aromatic nitrogens is 3. The summed E-state index contributed by atoms with van der Waals surface area (Å²) in [5.41, 5.74) is 8.27. The van der Waals surface area contributed by atoms with Crippen molar-refractivity contribution in [3.63, 3.8) is 0 Å². The Hall–Kier alpha value is -5.78. The molecule has 210 valence electrons. The Morgan fingerprint density at radius 1 is 0.511 bits per heavy atom. The molecule has 4 aromatic heterocycles. The minimum absolute atomic E-state index is 0.743. The van der Waals surface area contributed by atoms with E-state index in [1.807, 2.05) is 30.3 Å². The molecule has 5 heteroatoms. The molecule has 0 saturated heterocycles. The maximum Gasteiger partial charge on any atom is 0.161 e. The van der Waals surface area contributed by atoms with Crippen LogP contribution in [0.4, 0.5) is 0 Å². The van der Waals surface area contributed by atoms with Crippen molar-refractivity contribution in [2.24, 2.45) is 0 Å². The van der Waals surface area contributed by atoms with Crippen molar-refractivity contribution in [3.05, 3.63) is 140 Å². The fourth-order valence-corrected chi connectivity index (χ4v) is 7.86. The largest absolute Gasteiger partial charge is 0.456 e. The average Bonchev–Trinajstić information content (AvgIpc) is 3.76. The van der Waals surface area contributed by atoms with Gasteiger partial charge in [0, 0.05) is 53.8 Å². The molecule has 4 heterocycles. The summed E-state index contributed by atoms with van der Waals surface area (Å²) in [5, 5.41) is 6.93. The highest BCUT2D eigenvalue weighted by Crippen LogP contribution is 2.41. The summed E-state index contributed by atoms with van der Waals surface area (Å²) < 4.78 is 9.85. The first-order valence-corrected chi connectivity index (χ1v) is 15.8. The van der Waals surface area contributed by atoms with Crippen molar-refractivity contribution in [2.45, 2.75) is 0 Å². The quantitative estimate of drug-likeness (QED) is 0.205. The SMILES string of the molecule is c1ccc(-c2nc(-c3ccc(-n4c5ccccc5c5cc6oc7ccccc7c6cc54)cc3)c3c(n2)sc2ccccc23)cc1. The third-order valence-electron chi connectivity index (χ3n) is 8.84. The van der Waals surface area contributed by atoms with Crippen LogP contribution in [0, 0.1) is 0 Å². The van der Waals surface area contributed by atoms with E-state index in [9.17, 15) is 0 Å². The Balaban J connectivity index is 1.20. The number of thiophene rings is 1. The Kier molecular flexibility index (Phi) is 5.12. The van der Waals surface area contributed by atoms with Gasteiger partial charge in [0.15, 0.2) is 5.82 Å². The molecule has 45 heavy (non-hydrogen) atoms. The summed E-state index contributed by atoms with van der Waals surface area (Å²) in [4.78, 5) is 11.2. The van der Waals surface area contributed by atoms with Crippen LogP contribution in [0.3, 0.4) is 0 Å². The minimum Gasteiger partial charge on any atom is -0.456 e. The van der Waals surface area contributed by atoms with E-state index in [-0.39, 0.29) is 0 Å². The minimum atomic E-state index is 0.743. The summed E-state index contributed by atoms with van der Waals surface area (Å²) in [7, 11) is 0. The van der Waals surface area contributed by atoms with Gasteiger partial charge >= 0.3 is 0 Å². The lowest BCUT2D eigenvalue weighted by Crippen LogP contribution is -1.96. The van der Waals surface area contributed by atoms with Crippen molar-refractivity contribution in [2.75, 3.05) is 0 Å². The van der Waals surface area contributed by atoms with Crippen molar-refractivity contribution in [3.8, 4) is 28.3 Å². The summed E-state index contributed by atoms with van der Waals surface area (Å²) >= 11 is 1.72. The van der Waals surface area contributed by atoms with E-state index in [1.54, 1.807) is 11.3 Å². The fourth-order valence-electron chi connectivity index (χ4n) is 6.78. The molecule has 0 amide bonds. The molecule has 0 spiro atoms. The number of rotatable bonds is 3. The van der Waals surface area contributed by atoms with E-state index in [0.717, 1.165) is 71.5 Å². The van der Waals surface area contributed by atoms with Gasteiger partial charge in [0.05, 0.1) is 16.7 Å². The molecule has 0 bridgehead atoms. The highest BCUT2D eigenvalue weighted by atomic mass is 32.1. The van der Waals surface area contributed by atoms with Gasteiger partial charge in [-0.1, -0.05) is 97.1 Å². The van der Waals surface area contributed by atoms with E-state index < -0.39 is 0 Å². The first-order chi connectivity index (χ1) is 22.3. The number of hydrogen-bond donors (Lipinski definition) is 0. The van der Waals surface area contributed by atoms with E-state index in [0.29, 0.717) is 0 Å². The Bertz CT molecular complexity index is 2750. The van der Waals surface area contributed by atoms with Crippen LogP contribution in [0.2, 0.25) is 0 Å². The lowest BCUT2D eigenvalue weighted by Gasteiger charge is -2.11. The first kappa shape index (κ1) is 24.6. The predicted octanol–water partition coefficient (Wildman–Crippen LogP) is 11.2. The van der Waals surface area contributed by atoms with Gasteiger partial charge in [-0.15, -0.1) is 11.3 Å². The van der Waals surface area contributed by atoms with Gasteiger partial charge in [0.2, 0.25) is 0 Å². The standard InChI is InChI=1S/C40H23N3OS/c1-2-10-25(11-3-1)39-41-38(37-29-14-6-9-17-36(29)45-40(37)42-39)24-18-20-26(21-19-24)43-32-15-7-4-12-27(32)30-23-35-31(22-33(30)43)28-13-5-8-16-34(28)44-35/h1-23H. The van der Waals surface area contributed by atoms with Crippen LogP contribution in [0.5, 0.6) is 0 Å². The van der Waals surface area contributed by atoms with Crippen LogP contribution in [0.1, 0.15) is 0 Å². The third-order valence-corrected chi connectivity index (χ3v) is 9.91. The second-order valence-electron chi connectivity index (χ2n) is 11.4. The molecular formula is C40H23N3OS. The molecule has 4 nitrogen and oxygen atoms in total. The zero-order valence-electron chi connectivity index (χ0n) is 23.9. The average molecular weight is 594 g/mol. The topological polar surface area (TPSA) is 43.9 Å². The molecule has 10 aromatic rings. The normalized spacial score (nSPS) is 12.0. The van der Waals surface area contributed by atoms with Crippen LogP contribution >= 0.6 is 11.3 Å². The van der Waals surface area contributed by atoms with Gasteiger partial charge in [-0.25, -0.2) is 9.97 Å². The van der Waals surface area contributed by atoms with Crippen molar-refractivity contribution >= 4 is 75.4 Å². The van der Waals surface area contributed by atoms with Crippen molar-refractivity contribution < 1.29 is 4.42 Å². The van der Waals surface area contributed by atoms with E-state index in [2.05, 4.69) is 114 Å². The lowest BCUT2D eigenvalue weighted by atomic mass is 10.0. The number of benzene rings is 6. The number of hydrogen-bond acceptors (Lipinski definition) is 4. The van der Waals surface area contributed by atoms with Crippen molar-refractivity contribution in [1.29, 1.82) is 0 Å². The number of nitrogens with zero attached hydrogens (tertiary/aromatic N) is 3. The van der Waals surface area contributed by atoms with E-state index in [4.69, 9.17) is 14.4 Å². The highest BCUT2D eigenvalue weighted by Gasteiger charge is 2.19. The summed E-state index contributed by atoms with van der Waals surface area (Å²) in [6.07, 6.45) is 0. The zero-order chi connectivity index (χ0) is 29.5. The molecule has 0 fully saturated rings. The van der Waals surface area contributed by atoms with Gasteiger partial charge in [-0.05, 0) is 42.5 Å². The molecular weight excluding hydrogens is 571 g/mol. The second kappa shape index (κ2) is 9.36. The first-order valence-electron chi connectivity index (χ1n) is 15.0. The van der Waals surface area contributed by atoms with E-state index in [1.165, 1.54) is 20.9 Å². The van der Waals surface area contributed by atoms with Crippen LogP contribution in [0.25, 0.3) is 92.4 Å². The summed E-state index contributed by atoms with van der Waals surface area (Å²) in [5.74, 6) is 0.743. The second-order valence-corrected chi connectivity index (χ2v) is 12.4. The molecule has 10 rings (SSSR count). The van der Waals surface area contributed by atoms with Gasteiger partial charge in [0.25, 0.3) is 0 Å². The van der Waals surface area contributed by atoms with Gasteiger partial charge in [-0.3, -0.25) is 0 Å². The van der Waals surface area contributed by atoms with Crippen LogP contribution < -0.4 is 0 Å². The smallest absolute Gasteiger partial charge is 0.161 e. The third kappa shape index (κ3) is 3.65. The fraction of sp³-hybridized carbons (Fsp3) is 0. The molecule has 0 N–H and O–H groups in total. The molecule has 0 radical (unpaired) electrons. The number of para-hydroxylation sites is 2. The maximum atomic E-state index is 6.27. The summed E-state index contributed by atoms with van der Waals surface area (Å²) in [6, 6.07) is 48.9. The zero-order valence-corrected chi connectivity index (χ0v) is 24.8. The molecule has 0 aliphatic rings. The van der Waals surface area contributed by atoms with E-state index >= 15 is 0 Å². The van der Waals surface area contributed by atoms with Gasteiger partial charge < -0.3 is 8.98 Å². The van der Waals surface area contributed by atoms with Crippen molar-refractivity contribution in [1.82, 2.24) is 14.5 Å². The van der Waals surface area contributed by atoms with Gasteiger partial charge in [-0.2, -0.15) is 0 Å². The Morgan fingerprint density at radius 3 is 2.11 bits per heavy atom. The Labute approximate surface area is 261 Å². The molecule has 6 aromatic carbocycles. The van der Waals surface area contributed by atoms with Crippen LogP contribution in [0.15, 0.2) is 144 Å². The molecule has 0 unspecified atom stereocenters. The number of fused-ring (bicyclic) bond motifs is 9. The maximum absolute atomic E-state index is 6.27. The highest BCUT2D eigenvalue weighted by molar-refractivity contribution is 7.25. The number of furan rings is 1. The van der Waals surface area contributed by atoms with Gasteiger partial charge in [0.1, 0.15) is 16.0 Å². The monoisotopic (exact) mass is 593 g/mol. The van der Waals surface area contributed by atoms with Crippen LogP contribution in [-0.4, -0.2) is 14.5 Å². The molecule has 0 saturated carbocycles. The molecule has 0 aliphatic heterocycles. The summed E-state index contributed by atoms with van der Waals surface area (Å²) in [6.45, 7) is 0. The molecule has 0 atom stereocenters. The lowest BCUT2D eigenvalue weighted by molar-refractivity contribution is 0.669. The Morgan fingerprint density at radius 2 is 1.24 bits per heavy atom.